The van der Waals surface area contributed by atoms with E-state index in [1.165, 1.54) is 5.56 Å². The van der Waals surface area contributed by atoms with Crippen LogP contribution in [0.4, 0.5) is 0 Å². The quantitative estimate of drug-likeness (QED) is 0.698. The molecule has 0 spiro atoms. The lowest BCUT2D eigenvalue weighted by Gasteiger charge is -2.16. The maximum Gasteiger partial charge on any atom is 0.120 e. The molecule has 20 heavy (non-hydrogen) atoms. The molecule has 0 aromatic heterocycles. The Kier molecular flexibility index (Phi) is 6.09. The summed E-state index contributed by atoms with van der Waals surface area (Å²) in [6.45, 7) is 2.76. The molecular formula is C17H20BrNO. The predicted octanol–water partition coefficient (Wildman–Crippen LogP) is 4.35. The zero-order chi connectivity index (χ0) is 14.2. The zero-order valence-electron chi connectivity index (χ0n) is 11.8. The highest BCUT2D eigenvalue weighted by Crippen LogP contribution is 2.17. The Bertz CT molecular complexity index is 515. The van der Waals surface area contributed by atoms with Crippen LogP contribution in [0.15, 0.2) is 59.1 Å². The third-order valence-electron chi connectivity index (χ3n) is 3.04. The second kappa shape index (κ2) is 8.08. The second-order valence-electron chi connectivity index (χ2n) is 4.88. The van der Waals surface area contributed by atoms with Gasteiger partial charge in [-0.1, -0.05) is 52.3 Å². The molecule has 0 unspecified atom stereocenters. The predicted molar refractivity (Wildman–Crippen MR) is 87.0 cm³/mol. The fraction of sp³-hybridized carbons (Fsp3) is 0.294. The minimum Gasteiger partial charge on any atom is -0.494 e. The lowest BCUT2D eigenvalue weighted by Crippen LogP contribution is -2.20. The molecule has 2 aromatic rings. The Morgan fingerprint density at radius 1 is 1.05 bits per heavy atom. The third kappa shape index (κ3) is 5.35. The highest BCUT2D eigenvalue weighted by Gasteiger charge is 2.00. The van der Waals surface area contributed by atoms with Gasteiger partial charge >= 0.3 is 0 Å². The number of hydrogen-bond donors (Lipinski definition) is 0. The van der Waals surface area contributed by atoms with Gasteiger partial charge in [-0.25, -0.2) is 0 Å². The van der Waals surface area contributed by atoms with Crippen LogP contribution in [0.1, 0.15) is 12.0 Å². The normalized spacial score (nSPS) is 10.8. The number of ether oxygens (including phenoxy) is 1. The van der Waals surface area contributed by atoms with Gasteiger partial charge in [-0.2, -0.15) is 0 Å². The van der Waals surface area contributed by atoms with E-state index < -0.39 is 0 Å². The Labute approximate surface area is 129 Å². The summed E-state index contributed by atoms with van der Waals surface area (Å²) < 4.78 is 6.78. The molecule has 106 valence electrons. The minimum absolute atomic E-state index is 0.746. The van der Waals surface area contributed by atoms with Crippen molar-refractivity contribution >= 4 is 15.9 Å². The SMILES string of the molecule is CN(CCCOc1cccc(Br)c1)Cc1ccccc1. The van der Waals surface area contributed by atoms with Gasteiger partial charge in [0.15, 0.2) is 0 Å². The first-order valence-electron chi connectivity index (χ1n) is 6.85. The van der Waals surface area contributed by atoms with Gasteiger partial charge in [0, 0.05) is 17.6 Å². The maximum atomic E-state index is 5.73. The van der Waals surface area contributed by atoms with Crippen molar-refractivity contribution < 1.29 is 4.74 Å². The van der Waals surface area contributed by atoms with E-state index >= 15 is 0 Å². The van der Waals surface area contributed by atoms with Crippen molar-refractivity contribution in [2.75, 3.05) is 20.2 Å². The number of nitrogens with zero attached hydrogens (tertiary/aromatic N) is 1. The van der Waals surface area contributed by atoms with E-state index in [2.05, 4.69) is 58.2 Å². The lowest BCUT2D eigenvalue weighted by atomic mass is 10.2. The molecule has 0 heterocycles. The lowest BCUT2D eigenvalue weighted by molar-refractivity contribution is 0.258. The van der Waals surface area contributed by atoms with Crippen LogP contribution >= 0.6 is 15.9 Å². The number of hydrogen-bond acceptors (Lipinski definition) is 2. The number of benzene rings is 2. The highest BCUT2D eigenvalue weighted by molar-refractivity contribution is 9.10. The fourth-order valence-electron chi connectivity index (χ4n) is 2.06. The highest BCUT2D eigenvalue weighted by atomic mass is 79.9. The van der Waals surface area contributed by atoms with Gasteiger partial charge in [-0.3, -0.25) is 0 Å². The van der Waals surface area contributed by atoms with Crippen molar-refractivity contribution in [1.29, 1.82) is 0 Å². The summed E-state index contributed by atoms with van der Waals surface area (Å²) in [5.74, 6) is 0.921. The first-order chi connectivity index (χ1) is 9.74. The fourth-order valence-corrected chi connectivity index (χ4v) is 2.43. The molecule has 0 atom stereocenters. The summed E-state index contributed by atoms with van der Waals surface area (Å²) in [6.07, 6.45) is 1.02. The van der Waals surface area contributed by atoms with Gasteiger partial charge in [-0.15, -0.1) is 0 Å². The van der Waals surface area contributed by atoms with Crippen molar-refractivity contribution in [3.8, 4) is 5.75 Å². The summed E-state index contributed by atoms with van der Waals surface area (Å²) >= 11 is 3.44. The van der Waals surface area contributed by atoms with Crippen LogP contribution in [0.25, 0.3) is 0 Å². The summed E-state index contributed by atoms with van der Waals surface area (Å²) in [5, 5.41) is 0. The average molecular weight is 334 g/mol. The van der Waals surface area contributed by atoms with E-state index in [9.17, 15) is 0 Å². The van der Waals surface area contributed by atoms with Gasteiger partial charge in [-0.05, 0) is 37.2 Å². The molecule has 0 amide bonds. The van der Waals surface area contributed by atoms with Crippen molar-refractivity contribution in [1.82, 2.24) is 4.90 Å². The van der Waals surface area contributed by atoms with Crippen LogP contribution in [0.5, 0.6) is 5.75 Å². The molecule has 3 heteroatoms. The van der Waals surface area contributed by atoms with Crippen LogP contribution < -0.4 is 4.74 Å². The number of halogens is 1. The zero-order valence-corrected chi connectivity index (χ0v) is 13.3. The Morgan fingerprint density at radius 3 is 2.60 bits per heavy atom. The van der Waals surface area contributed by atoms with Gasteiger partial charge in [0.1, 0.15) is 5.75 Å². The van der Waals surface area contributed by atoms with Crippen LogP contribution in [-0.2, 0) is 6.54 Å². The van der Waals surface area contributed by atoms with E-state index in [0.717, 1.165) is 36.3 Å². The monoisotopic (exact) mass is 333 g/mol. The van der Waals surface area contributed by atoms with Crippen LogP contribution in [0.3, 0.4) is 0 Å². The van der Waals surface area contributed by atoms with Crippen molar-refractivity contribution in [3.63, 3.8) is 0 Å². The van der Waals surface area contributed by atoms with E-state index in [1.807, 2.05) is 24.3 Å². The molecule has 0 aliphatic carbocycles. The molecule has 0 radical (unpaired) electrons. The first-order valence-corrected chi connectivity index (χ1v) is 7.64. The molecular weight excluding hydrogens is 314 g/mol. The first kappa shape index (κ1) is 15.1. The van der Waals surface area contributed by atoms with Crippen LogP contribution in [0.2, 0.25) is 0 Å². The Balaban J connectivity index is 1.66. The molecule has 2 rings (SSSR count). The molecule has 0 bridgehead atoms. The Hall–Kier alpha value is -1.32. The molecule has 0 aliphatic heterocycles. The topological polar surface area (TPSA) is 12.5 Å². The molecule has 0 saturated heterocycles. The minimum atomic E-state index is 0.746. The summed E-state index contributed by atoms with van der Waals surface area (Å²) in [4.78, 5) is 2.32. The standard InChI is InChI=1S/C17H20BrNO/c1-19(14-15-7-3-2-4-8-15)11-6-12-20-17-10-5-9-16(18)13-17/h2-5,7-10,13H,6,11-12,14H2,1H3. The van der Waals surface area contributed by atoms with Gasteiger partial charge in [0.25, 0.3) is 0 Å². The summed E-state index contributed by atoms with van der Waals surface area (Å²) in [5.41, 5.74) is 1.35. The van der Waals surface area contributed by atoms with E-state index in [-0.39, 0.29) is 0 Å². The van der Waals surface area contributed by atoms with Crippen molar-refractivity contribution in [3.05, 3.63) is 64.6 Å². The Morgan fingerprint density at radius 2 is 1.85 bits per heavy atom. The third-order valence-corrected chi connectivity index (χ3v) is 3.54. The molecule has 0 saturated carbocycles. The van der Waals surface area contributed by atoms with E-state index in [0.29, 0.717) is 0 Å². The van der Waals surface area contributed by atoms with Gasteiger partial charge in [0.05, 0.1) is 6.61 Å². The van der Waals surface area contributed by atoms with Crippen LogP contribution in [0, 0.1) is 0 Å². The summed E-state index contributed by atoms with van der Waals surface area (Å²) in [7, 11) is 2.14. The molecule has 0 aliphatic rings. The number of rotatable bonds is 7. The second-order valence-corrected chi connectivity index (χ2v) is 5.80. The van der Waals surface area contributed by atoms with Gasteiger partial charge < -0.3 is 9.64 Å². The van der Waals surface area contributed by atoms with Crippen molar-refractivity contribution in [2.24, 2.45) is 0 Å². The molecule has 2 nitrogen and oxygen atoms in total. The van der Waals surface area contributed by atoms with E-state index in [4.69, 9.17) is 4.74 Å². The van der Waals surface area contributed by atoms with E-state index in [1.54, 1.807) is 0 Å². The summed E-state index contributed by atoms with van der Waals surface area (Å²) in [6, 6.07) is 18.5. The van der Waals surface area contributed by atoms with Crippen LogP contribution in [-0.4, -0.2) is 25.1 Å². The van der Waals surface area contributed by atoms with Gasteiger partial charge in [0.2, 0.25) is 0 Å². The smallest absolute Gasteiger partial charge is 0.120 e. The molecule has 0 fully saturated rings. The molecule has 2 aromatic carbocycles. The van der Waals surface area contributed by atoms with Crippen molar-refractivity contribution in [2.45, 2.75) is 13.0 Å². The average Bonchev–Trinajstić information content (AvgIpc) is 2.45. The molecule has 0 N–H and O–H groups in total. The maximum absolute atomic E-state index is 5.73. The largest absolute Gasteiger partial charge is 0.494 e.